The van der Waals surface area contributed by atoms with Crippen LogP contribution in [0.5, 0.6) is 0 Å². The third kappa shape index (κ3) is 5.00. The Morgan fingerprint density at radius 1 is 0.293 bits per heavy atom. The van der Waals surface area contributed by atoms with Gasteiger partial charge in [0.1, 0.15) is 0 Å². The molecule has 0 saturated heterocycles. The van der Waals surface area contributed by atoms with Crippen LogP contribution in [0.15, 0.2) is 200 Å². The topological polar surface area (TPSA) is 48.5 Å². The molecule has 3 aromatic heterocycles. The molecule has 5 heteroatoms. The van der Waals surface area contributed by atoms with Gasteiger partial charge in [0.25, 0.3) is 0 Å². The minimum absolute atomic E-state index is 0.624. The Morgan fingerprint density at radius 2 is 0.845 bits per heavy atom. The number of benzene rings is 9. The Morgan fingerprint density at radius 3 is 1.55 bits per heavy atom. The van der Waals surface area contributed by atoms with Crippen LogP contribution < -0.4 is 0 Å². The summed E-state index contributed by atoms with van der Waals surface area (Å²) in [6.45, 7) is 0. The molecule has 9 aromatic carbocycles. The first-order valence-corrected chi connectivity index (χ1v) is 19.6. The van der Waals surface area contributed by atoms with Crippen molar-refractivity contribution in [3.8, 4) is 45.5 Å². The molecular weight excluding hydrogens is 707 g/mol. The van der Waals surface area contributed by atoms with Crippen LogP contribution in [0.4, 0.5) is 0 Å². The zero-order valence-corrected chi connectivity index (χ0v) is 31.3. The van der Waals surface area contributed by atoms with Gasteiger partial charge in [-0.2, -0.15) is 0 Å². The van der Waals surface area contributed by atoms with Gasteiger partial charge in [0.2, 0.25) is 0 Å². The molecule has 0 aliphatic rings. The van der Waals surface area contributed by atoms with E-state index in [0.717, 1.165) is 55.4 Å². The van der Waals surface area contributed by atoms with Gasteiger partial charge in [-0.3, -0.25) is 0 Å². The van der Waals surface area contributed by atoms with Gasteiger partial charge < -0.3 is 9.13 Å². The molecule has 0 bridgehead atoms. The highest BCUT2D eigenvalue weighted by molar-refractivity contribution is 6.25. The largest absolute Gasteiger partial charge is 0.309 e. The van der Waals surface area contributed by atoms with E-state index in [-0.39, 0.29) is 0 Å². The minimum Gasteiger partial charge on any atom is -0.309 e. The van der Waals surface area contributed by atoms with Crippen molar-refractivity contribution in [2.75, 3.05) is 0 Å². The smallest absolute Gasteiger partial charge is 0.164 e. The summed E-state index contributed by atoms with van der Waals surface area (Å²) in [5.41, 5.74) is 9.61. The van der Waals surface area contributed by atoms with Crippen LogP contribution in [0.1, 0.15) is 0 Å². The molecule has 0 radical (unpaired) electrons. The zero-order valence-electron chi connectivity index (χ0n) is 31.3. The lowest BCUT2D eigenvalue weighted by Crippen LogP contribution is -2.02. The first kappa shape index (κ1) is 32.4. The van der Waals surface area contributed by atoms with Crippen LogP contribution >= 0.6 is 0 Å². The summed E-state index contributed by atoms with van der Waals surface area (Å²) >= 11 is 0. The monoisotopic (exact) mass is 739 g/mol. The quantitative estimate of drug-likeness (QED) is 0.177. The van der Waals surface area contributed by atoms with Crippen LogP contribution in [-0.4, -0.2) is 24.1 Å². The number of para-hydroxylation sites is 2. The Kier molecular flexibility index (Phi) is 7.16. The second-order valence-corrected chi connectivity index (χ2v) is 14.8. The standard InChI is InChI=1S/C53H33N5/c1-4-17-35(18-5-1)51-54-52(36-19-6-2-7-20-36)56-53(55-51)38-30-37-21-11-12-24-40(37)47(31-38)58-45-27-15-14-26-42(45)43-32-44-49(33-48(43)58)57(39-22-8-3-9-23-39)46-29-28-34-16-10-13-25-41(34)50(44)46/h1-33H. The first-order valence-electron chi connectivity index (χ1n) is 19.6. The van der Waals surface area contributed by atoms with Crippen molar-refractivity contribution in [3.05, 3.63) is 200 Å². The van der Waals surface area contributed by atoms with Crippen molar-refractivity contribution in [1.82, 2.24) is 24.1 Å². The van der Waals surface area contributed by atoms with E-state index in [1.165, 1.54) is 37.8 Å². The molecule has 0 N–H and O–H groups in total. The molecule has 3 heterocycles. The summed E-state index contributed by atoms with van der Waals surface area (Å²) in [7, 11) is 0. The average Bonchev–Trinajstić information content (AvgIpc) is 3.80. The number of aromatic nitrogens is 5. The van der Waals surface area contributed by atoms with Gasteiger partial charge in [0, 0.05) is 49.3 Å². The van der Waals surface area contributed by atoms with Gasteiger partial charge in [-0.05, 0) is 64.7 Å². The Bertz CT molecular complexity index is 3490. The maximum absolute atomic E-state index is 5.15. The van der Waals surface area contributed by atoms with Crippen LogP contribution in [0.3, 0.4) is 0 Å². The van der Waals surface area contributed by atoms with Gasteiger partial charge in [-0.15, -0.1) is 0 Å². The Hall–Kier alpha value is -7.89. The van der Waals surface area contributed by atoms with Gasteiger partial charge in [0.15, 0.2) is 17.5 Å². The van der Waals surface area contributed by atoms with E-state index >= 15 is 0 Å². The maximum Gasteiger partial charge on any atom is 0.164 e. The lowest BCUT2D eigenvalue weighted by molar-refractivity contribution is 1.07. The molecule has 58 heavy (non-hydrogen) atoms. The molecule has 0 saturated carbocycles. The summed E-state index contributed by atoms with van der Waals surface area (Å²) in [6.07, 6.45) is 0. The molecule has 0 aliphatic heterocycles. The van der Waals surface area contributed by atoms with E-state index in [0.29, 0.717) is 17.5 Å². The van der Waals surface area contributed by atoms with Crippen molar-refractivity contribution in [3.63, 3.8) is 0 Å². The van der Waals surface area contributed by atoms with Crippen molar-refractivity contribution in [2.45, 2.75) is 0 Å². The van der Waals surface area contributed by atoms with Gasteiger partial charge >= 0.3 is 0 Å². The molecule has 0 fully saturated rings. The van der Waals surface area contributed by atoms with E-state index < -0.39 is 0 Å². The van der Waals surface area contributed by atoms with E-state index in [1.54, 1.807) is 0 Å². The maximum atomic E-state index is 5.15. The first-order chi connectivity index (χ1) is 28.8. The van der Waals surface area contributed by atoms with Gasteiger partial charge in [-0.1, -0.05) is 152 Å². The normalized spacial score (nSPS) is 11.8. The average molecular weight is 740 g/mol. The third-order valence-corrected chi connectivity index (χ3v) is 11.5. The van der Waals surface area contributed by atoms with Crippen molar-refractivity contribution < 1.29 is 0 Å². The lowest BCUT2D eigenvalue weighted by atomic mass is 10.0. The molecule has 270 valence electrons. The summed E-state index contributed by atoms with van der Waals surface area (Å²) < 4.78 is 4.87. The van der Waals surface area contributed by atoms with Crippen molar-refractivity contribution in [2.24, 2.45) is 0 Å². The minimum atomic E-state index is 0.624. The van der Waals surface area contributed by atoms with Gasteiger partial charge in [0.05, 0.1) is 27.8 Å². The molecule has 5 nitrogen and oxygen atoms in total. The summed E-state index contributed by atoms with van der Waals surface area (Å²) in [5.74, 6) is 1.90. The number of hydrogen-bond donors (Lipinski definition) is 0. The molecule has 0 atom stereocenters. The molecule has 0 spiro atoms. The number of nitrogens with zero attached hydrogens (tertiary/aromatic N) is 5. The highest BCUT2D eigenvalue weighted by atomic mass is 15.0. The fourth-order valence-electron chi connectivity index (χ4n) is 8.91. The predicted molar refractivity (Wildman–Crippen MR) is 240 cm³/mol. The summed E-state index contributed by atoms with van der Waals surface area (Å²) in [4.78, 5) is 15.3. The highest BCUT2D eigenvalue weighted by Gasteiger charge is 2.22. The van der Waals surface area contributed by atoms with Crippen molar-refractivity contribution in [1.29, 1.82) is 0 Å². The fraction of sp³-hybridized carbons (Fsp3) is 0. The molecule has 0 aliphatic carbocycles. The fourth-order valence-corrected chi connectivity index (χ4v) is 8.91. The van der Waals surface area contributed by atoms with Crippen LogP contribution in [0.2, 0.25) is 0 Å². The molecular formula is C53H33N5. The van der Waals surface area contributed by atoms with Crippen LogP contribution in [0.25, 0.3) is 111 Å². The number of fused-ring (bicyclic) bond motifs is 9. The van der Waals surface area contributed by atoms with E-state index in [4.69, 9.17) is 15.0 Å². The second-order valence-electron chi connectivity index (χ2n) is 14.8. The summed E-state index contributed by atoms with van der Waals surface area (Å²) in [5, 5.41) is 9.64. The molecule has 0 amide bonds. The Labute approximate surface area is 333 Å². The summed E-state index contributed by atoms with van der Waals surface area (Å²) in [6, 6.07) is 71.0. The Balaban J connectivity index is 1.18. The molecule has 12 aromatic rings. The van der Waals surface area contributed by atoms with Crippen molar-refractivity contribution >= 4 is 65.2 Å². The second kappa shape index (κ2) is 12.8. The predicted octanol–water partition coefficient (Wildman–Crippen LogP) is 13.4. The van der Waals surface area contributed by atoms with E-state index in [9.17, 15) is 0 Å². The van der Waals surface area contributed by atoms with Crippen LogP contribution in [0, 0.1) is 0 Å². The highest BCUT2D eigenvalue weighted by Crippen LogP contribution is 2.43. The third-order valence-electron chi connectivity index (χ3n) is 11.5. The molecule has 0 unspecified atom stereocenters. The number of rotatable bonds is 5. The van der Waals surface area contributed by atoms with Crippen LogP contribution in [-0.2, 0) is 0 Å². The SMILES string of the molecule is c1ccc(-c2nc(-c3ccccc3)nc(-c3cc(-n4c5ccccc5c5cc6c7c8ccccc8ccc7n(-c7ccccc7)c6cc54)c4ccccc4c3)n2)cc1. The van der Waals surface area contributed by atoms with E-state index in [1.807, 2.05) is 36.4 Å². The molecule has 12 rings (SSSR count). The lowest BCUT2D eigenvalue weighted by Gasteiger charge is -2.15. The van der Waals surface area contributed by atoms with Gasteiger partial charge in [-0.25, -0.2) is 15.0 Å². The van der Waals surface area contributed by atoms with E-state index in [2.05, 4.69) is 173 Å². The zero-order chi connectivity index (χ0) is 38.2. The number of hydrogen-bond acceptors (Lipinski definition) is 3.